The number of benzene rings is 1. The smallest absolute Gasteiger partial charge is 0.0834 e. The highest BCUT2D eigenvalue weighted by atomic mass is 16.5. The Kier molecular flexibility index (Phi) is 5.62. The minimum Gasteiger partial charge on any atom is -0.390 e. The summed E-state index contributed by atoms with van der Waals surface area (Å²) < 4.78 is 5.18. The highest BCUT2D eigenvalue weighted by Gasteiger charge is 2.53. The molecule has 144 valence electrons. The van der Waals surface area contributed by atoms with Gasteiger partial charge < -0.3 is 20.1 Å². The maximum atomic E-state index is 11.5. The summed E-state index contributed by atoms with van der Waals surface area (Å²) >= 11 is 0. The summed E-state index contributed by atoms with van der Waals surface area (Å²) in [7, 11) is 1.77. The Morgan fingerprint density at radius 3 is 2.62 bits per heavy atom. The predicted octanol–water partition coefficient (Wildman–Crippen LogP) is 1.38. The van der Waals surface area contributed by atoms with Crippen LogP contribution < -0.4 is 5.32 Å². The average Bonchev–Trinajstić information content (AvgIpc) is 2.92. The standard InChI is InChI=1S/C21H33N3O2/c1-26-16-4-11-23-12-14-24(15-13-23)19-17-5-2-3-6-18(17)21(20(19)25)7-9-22-10-8-21/h2-3,5-6,19-20,22,25H,4,7-16H2,1H3/t19-,20+/m1/s1. The van der Waals surface area contributed by atoms with Crippen molar-refractivity contribution in [2.75, 3.05) is 59.5 Å². The fraction of sp³-hybridized carbons (Fsp3) is 0.714. The minimum atomic E-state index is -0.290. The maximum Gasteiger partial charge on any atom is 0.0834 e. The summed E-state index contributed by atoms with van der Waals surface area (Å²) in [5.74, 6) is 0. The van der Waals surface area contributed by atoms with Crippen LogP contribution in [-0.4, -0.2) is 80.5 Å². The van der Waals surface area contributed by atoms with Gasteiger partial charge in [0.2, 0.25) is 0 Å². The lowest BCUT2D eigenvalue weighted by Crippen LogP contribution is -2.52. The van der Waals surface area contributed by atoms with Gasteiger partial charge in [-0.3, -0.25) is 4.90 Å². The molecule has 4 rings (SSSR count). The van der Waals surface area contributed by atoms with Crippen LogP contribution in [0.3, 0.4) is 0 Å². The lowest BCUT2D eigenvalue weighted by atomic mass is 9.72. The number of fused-ring (bicyclic) bond motifs is 2. The van der Waals surface area contributed by atoms with E-state index in [1.165, 1.54) is 11.1 Å². The zero-order valence-corrected chi connectivity index (χ0v) is 16.0. The Morgan fingerprint density at radius 2 is 1.88 bits per heavy atom. The van der Waals surface area contributed by atoms with Gasteiger partial charge in [-0.05, 0) is 43.5 Å². The van der Waals surface area contributed by atoms with E-state index in [4.69, 9.17) is 4.74 Å². The topological polar surface area (TPSA) is 48.0 Å². The van der Waals surface area contributed by atoms with E-state index in [9.17, 15) is 5.11 Å². The highest BCUT2D eigenvalue weighted by molar-refractivity contribution is 5.45. The quantitative estimate of drug-likeness (QED) is 0.778. The van der Waals surface area contributed by atoms with Crippen molar-refractivity contribution in [2.45, 2.75) is 36.8 Å². The molecule has 0 aromatic heterocycles. The molecule has 0 radical (unpaired) electrons. The van der Waals surface area contributed by atoms with Gasteiger partial charge in [0.1, 0.15) is 0 Å². The summed E-state index contributed by atoms with van der Waals surface area (Å²) in [6.45, 7) is 8.21. The first-order valence-electron chi connectivity index (χ1n) is 10.2. The number of hydrogen-bond donors (Lipinski definition) is 2. The van der Waals surface area contributed by atoms with Crippen molar-refractivity contribution >= 4 is 0 Å². The third kappa shape index (κ3) is 3.20. The molecular weight excluding hydrogens is 326 g/mol. The third-order valence-electron chi connectivity index (χ3n) is 6.80. The number of piperazine rings is 1. The Bertz CT molecular complexity index is 595. The maximum absolute atomic E-state index is 11.5. The molecule has 1 aromatic carbocycles. The molecule has 1 spiro atoms. The van der Waals surface area contributed by atoms with E-state index in [2.05, 4.69) is 39.4 Å². The van der Waals surface area contributed by atoms with Crippen LogP contribution in [0.1, 0.15) is 36.4 Å². The molecule has 1 aromatic rings. The molecule has 2 saturated heterocycles. The van der Waals surface area contributed by atoms with Crippen LogP contribution in [0.25, 0.3) is 0 Å². The van der Waals surface area contributed by atoms with Gasteiger partial charge in [-0.25, -0.2) is 0 Å². The molecule has 0 saturated carbocycles. The molecule has 5 heteroatoms. The van der Waals surface area contributed by atoms with Crippen molar-refractivity contribution < 1.29 is 9.84 Å². The minimum absolute atomic E-state index is 0.0535. The molecule has 2 aliphatic heterocycles. The van der Waals surface area contributed by atoms with Gasteiger partial charge in [-0.1, -0.05) is 24.3 Å². The zero-order valence-electron chi connectivity index (χ0n) is 16.0. The molecule has 0 bridgehead atoms. The van der Waals surface area contributed by atoms with Crippen LogP contribution in [0.5, 0.6) is 0 Å². The molecule has 2 fully saturated rings. The average molecular weight is 360 g/mol. The first kappa shape index (κ1) is 18.4. The summed E-state index contributed by atoms with van der Waals surface area (Å²) in [6, 6.07) is 8.96. The number of rotatable bonds is 5. The van der Waals surface area contributed by atoms with Crippen molar-refractivity contribution in [3.8, 4) is 0 Å². The van der Waals surface area contributed by atoms with Gasteiger partial charge >= 0.3 is 0 Å². The van der Waals surface area contributed by atoms with E-state index < -0.39 is 0 Å². The SMILES string of the molecule is COCCCN1CCN([C@@H]2c3ccccc3C3(CCNCC3)[C@H]2O)CC1. The van der Waals surface area contributed by atoms with E-state index in [0.29, 0.717) is 0 Å². The summed E-state index contributed by atoms with van der Waals surface area (Å²) in [4.78, 5) is 5.07. The molecule has 2 heterocycles. The lowest BCUT2D eigenvalue weighted by Gasteiger charge is -2.43. The fourth-order valence-corrected chi connectivity index (χ4v) is 5.37. The monoisotopic (exact) mass is 359 g/mol. The Hall–Kier alpha value is -0.980. The highest BCUT2D eigenvalue weighted by Crippen LogP contribution is 2.52. The van der Waals surface area contributed by atoms with Crippen LogP contribution >= 0.6 is 0 Å². The molecule has 26 heavy (non-hydrogen) atoms. The number of ether oxygens (including phenoxy) is 1. The molecule has 0 unspecified atom stereocenters. The number of hydrogen-bond acceptors (Lipinski definition) is 5. The second kappa shape index (κ2) is 7.95. The van der Waals surface area contributed by atoms with E-state index in [1.54, 1.807) is 7.11 Å². The molecular formula is C21H33N3O2. The van der Waals surface area contributed by atoms with Crippen molar-refractivity contribution in [3.63, 3.8) is 0 Å². The van der Waals surface area contributed by atoms with E-state index in [1.807, 2.05) is 0 Å². The van der Waals surface area contributed by atoms with Crippen molar-refractivity contribution in [1.82, 2.24) is 15.1 Å². The summed E-state index contributed by atoms with van der Waals surface area (Å²) in [5.41, 5.74) is 2.72. The van der Waals surface area contributed by atoms with Crippen molar-refractivity contribution in [1.29, 1.82) is 0 Å². The van der Waals surface area contributed by atoms with Crippen LogP contribution in [0.2, 0.25) is 0 Å². The van der Waals surface area contributed by atoms with Crippen molar-refractivity contribution in [2.24, 2.45) is 0 Å². The summed E-state index contributed by atoms with van der Waals surface area (Å²) in [5, 5.41) is 14.9. The fourth-order valence-electron chi connectivity index (χ4n) is 5.37. The first-order chi connectivity index (χ1) is 12.8. The molecule has 0 amide bonds. The molecule has 3 aliphatic rings. The largest absolute Gasteiger partial charge is 0.390 e. The molecule has 2 atom stereocenters. The number of piperidine rings is 1. The van der Waals surface area contributed by atoms with E-state index in [0.717, 1.165) is 71.7 Å². The number of nitrogens with one attached hydrogen (secondary N) is 1. The van der Waals surface area contributed by atoms with E-state index in [-0.39, 0.29) is 17.6 Å². The molecule has 5 nitrogen and oxygen atoms in total. The van der Waals surface area contributed by atoms with Gasteiger partial charge in [-0.15, -0.1) is 0 Å². The van der Waals surface area contributed by atoms with E-state index >= 15 is 0 Å². The first-order valence-corrected chi connectivity index (χ1v) is 10.2. The van der Waals surface area contributed by atoms with Crippen molar-refractivity contribution in [3.05, 3.63) is 35.4 Å². The second-order valence-corrected chi connectivity index (χ2v) is 8.11. The Labute approximate surface area is 157 Å². The normalized spacial score (nSPS) is 29.2. The number of nitrogens with zero attached hydrogens (tertiary/aromatic N) is 2. The van der Waals surface area contributed by atoms with Gasteiger partial charge in [-0.2, -0.15) is 0 Å². The van der Waals surface area contributed by atoms with Crippen LogP contribution in [0, 0.1) is 0 Å². The zero-order chi connectivity index (χ0) is 18.0. The Balaban J connectivity index is 1.49. The third-order valence-corrected chi connectivity index (χ3v) is 6.80. The van der Waals surface area contributed by atoms with Gasteiger partial charge in [0.05, 0.1) is 12.1 Å². The van der Waals surface area contributed by atoms with Crippen LogP contribution in [0.4, 0.5) is 0 Å². The summed E-state index contributed by atoms with van der Waals surface area (Å²) in [6.07, 6.45) is 2.89. The second-order valence-electron chi connectivity index (χ2n) is 8.11. The van der Waals surface area contributed by atoms with Crippen LogP contribution in [0.15, 0.2) is 24.3 Å². The number of aliphatic hydroxyl groups is 1. The number of methoxy groups -OCH3 is 1. The van der Waals surface area contributed by atoms with Gasteiger partial charge in [0.15, 0.2) is 0 Å². The lowest BCUT2D eigenvalue weighted by molar-refractivity contribution is -0.0184. The van der Waals surface area contributed by atoms with Gasteiger partial charge in [0.25, 0.3) is 0 Å². The Morgan fingerprint density at radius 1 is 1.15 bits per heavy atom. The van der Waals surface area contributed by atoms with Crippen LogP contribution in [-0.2, 0) is 10.2 Å². The number of aliphatic hydroxyl groups excluding tert-OH is 1. The molecule has 2 N–H and O–H groups in total. The van der Waals surface area contributed by atoms with Gasteiger partial charge in [0, 0.05) is 51.9 Å². The molecule has 1 aliphatic carbocycles. The predicted molar refractivity (Wildman–Crippen MR) is 103 cm³/mol.